The van der Waals surface area contributed by atoms with Gasteiger partial charge in [-0.2, -0.15) is 0 Å². The van der Waals surface area contributed by atoms with Crippen molar-refractivity contribution in [2.75, 3.05) is 0 Å². The molecule has 1 aliphatic rings. The Bertz CT molecular complexity index is 671. The molecular weight excluding hydrogens is 321 g/mol. The van der Waals surface area contributed by atoms with Gasteiger partial charge in [-0.1, -0.05) is 24.3 Å². The number of halogens is 2. The molecule has 1 amide bonds. The molecule has 0 fully saturated rings. The lowest BCUT2D eigenvalue weighted by Crippen LogP contribution is -2.27. The number of amides is 1. The molecule has 1 aliphatic carbocycles. The Kier molecular flexibility index (Phi) is 3.57. The summed E-state index contributed by atoms with van der Waals surface area (Å²) in [6, 6.07) is 12.3. The number of carbonyl (C=O) groups is 1. The van der Waals surface area contributed by atoms with Gasteiger partial charge in [-0.3, -0.25) is 4.79 Å². The number of nitrogens with one attached hydrogen (secondary N) is 1. The van der Waals surface area contributed by atoms with Crippen molar-refractivity contribution in [3.05, 3.63) is 69.4 Å². The molecule has 3 rings (SSSR count). The van der Waals surface area contributed by atoms with E-state index in [0.29, 0.717) is 10.0 Å². The first kappa shape index (κ1) is 13.3. The van der Waals surface area contributed by atoms with Crippen LogP contribution in [0, 0.1) is 5.82 Å². The summed E-state index contributed by atoms with van der Waals surface area (Å²) in [4.78, 5) is 12.3. The highest BCUT2D eigenvalue weighted by Crippen LogP contribution is 2.31. The zero-order chi connectivity index (χ0) is 14.1. The second-order valence-electron chi connectivity index (χ2n) is 4.89. The van der Waals surface area contributed by atoms with E-state index >= 15 is 0 Å². The van der Waals surface area contributed by atoms with Gasteiger partial charge in [0.05, 0.1) is 11.6 Å². The van der Waals surface area contributed by atoms with Crippen LogP contribution in [0.1, 0.15) is 33.9 Å². The van der Waals surface area contributed by atoms with Gasteiger partial charge in [0.2, 0.25) is 0 Å². The molecule has 4 heteroatoms. The molecule has 0 aromatic heterocycles. The van der Waals surface area contributed by atoms with Crippen LogP contribution in [0.15, 0.2) is 46.9 Å². The Labute approximate surface area is 125 Å². The molecule has 0 heterocycles. The maximum atomic E-state index is 13.1. The predicted molar refractivity (Wildman–Crippen MR) is 79.1 cm³/mol. The second kappa shape index (κ2) is 5.37. The minimum Gasteiger partial charge on any atom is -0.345 e. The van der Waals surface area contributed by atoms with Crippen molar-refractivity contribution in [1.29, 1.82) is 0 Å². The van der Waals surface area contributed by atoms with Gasteiger partial charge in [-0.05, 0) is 58.1 Å². The number of carbonyl (C=O) groups excluding carboxylic acids is 1. The molecule has 20 heavy (non-hydrogen) atoms. The highest BCUT2D eigenvalue weighted by atomic mass is 79.9. The third-order valence-corrected chi connectivity index (χ3v) is 4.27. The molecule has 2 aromatic rings. The third-order valence-electron chi connectivity index (χ3n) is 3.61. The molecule has 102 valence electrons. The Morgan fingerprint density at radius 1 is 1.25 bits per heavy atom. The Morgan fingerprint density at radius 2 is 2.05 bits per heavy atom. The Morgan fingerprint density at radius 3 is 2.85 bits per heavy atom. The van der Waals surface area contributed by atoms with E-state index in [-0.39, 0.29) is 17.8 Å². The molecule has 0 spiro atoms. The number of benzene rings is 2. The van der Waals surface area contributed by atoms with Crippen LogP contribution < -0.4 is 5.32 Å². The highest BCUT2D eigenvalue weighted by Gasteiger charge is 2.24. The summed E-state index contributed by atoms with van der Waals surface area (Å²) in [7, 11) is 0. The first-order valence-electron chi connectivity index (χ1n) is 6.49. The van der Waals surface area contributed by atoms with Gasteiger partial charge in [0.15, 0.2) is 0 Å². The molecule has 0 saturated carbocycles. The maximum Gasteiger partial charge on any atom is 0.252 e. The molecule has 1 unspecified atom stereocenters. The van der Waals surface area contributed by atoms with Crippen molar-refractivity contribution in [3.8, 4) is 0 Å². The summed E-state index contributed by atoms with van der Waals surface area (Å²) >= 11 is 3.23. The van der Waals surface area contributed by atoms with Crippen molar-refractivity contribution < 1.29 is 9.18 Å². The number of fused-ring (bicyclic) bond motifs is 1. The molecule has 0 saturated heterocycles. The van der Waals surface area contributed by atoms with Crippen molar-refractivity contribution >= 4 is 21.8 Å². The van der Waals surface area contributed by atoms with Crippen LogP contribution in [-0.2, 0) is 6.42 Å². The van der Waals surface area contributed by atoms with Gasteiger partial charge < -0.3 is 5.32 Å². The average Bonchev–Trinajstić information content (AvgIpc) is 2.82. The summed E-state index contributed by atoms with van der Waals surface area (Å²) in [6.45, 7) is 0. The summed E-state index contributed by atoms with van der Waals surface area (Å²) < 4.78 is 13.5. The molecule has 1 N–H and O–H groups in total. The second-order valence-corrected chi connectivity index (χ2v) is 5.74. The normalized spacial score (nSPS) is 16.8. The van der Waals surface area contributed by atoms with Crippen molar-refractivity contribution in [2.45, 2.75) is 18.9 Å². The van der Waals surface area contributed by atoms with Crippen LogP contribution in [-0.4, -0.2) is 5.91 Å². The summed E-state index contributed by atoms with van der Waals surface area (Å²) in [6.07, 6.45) is 1.88. The Hall–Kier alpha value is -1.68. The minimum atomic E-state index is -0.361. The van der Waals surface area contributed by atoms with Crippen molar-refractivity contribution in [3.63, 3.8) is 0 Å². The van der Waals surface area contributed by atoms with E-state index in [1.165, 1.54) is 29.3 Å². The first-order chi connectivity index (χ1) is 9.65. The average molecular weight is 334 g/mol. The predicted octanol–water partition coefficient (Wildman–Crippen LogP) is 4.01. The van der Waals surface area contributed by atoms with E-state index in [1.807, 2.05) is 18.2 Å². The van der Waals surface area contributed by atoms with Crippen molar-refractivity contribution in [1.82, 2.24) is 5.32 Å². The standard InChI is InChI=1S/C16H13BrFNO/c17-14-9-11(18)6-7-13(14)16(20)19-15-8-5-10-3-1-2-4-12(10)15/h1-4,6-7,9,15H,5,8H2,(H,19,20). The summed E-state index contributed by atoms with van der Waals surface area (Å²) in [5.41, 5.74) is 2.92. The quantitative estimate of drug-likeness (QED) is 0.884. The fourth-order valence-electron chi connectivity index (χ4n) is 2.62. The van der Waals surface area contributed by atoms with E-state index in [4.69, 9.17) is 0 Å². The van der Waals surface area contributed by atoms with Gasteiger partial charge >= 0.3 is 0 Å². The largest absolute Gasteiger partial charge is 0.345 e. The highest BCUT2D eigenvalue weighted by molar-refractivity contribution is 9.10. The van der Waals surface area contributed by atoms with E-state index in [0.717, 1.165) is 12.8 Å². The van der Waals surface area contributed by atoms with Crippen LogP contribution in [0.5, 0.6) is 0 Å². The Balaban J connectivity index is 1.81. The fourth-order valence-corrected chi connectivity index (χ4v) is 3.15. The number of aryl methyl sites for hydroxylation is 1. The smallest absolute Gasteiger partial charge is 0.252 e. The topological polar surface area (TPSA) is 29.1 Å². The SMILES string of the molecule is O=C(NC1CCc2ccccc21)c1ccc(F)cc1Br. The molecule has 2 nitrogen and oxygen atoms in total. The van der Waals surface area contributed by atoms with E-state index < -0.39 is 0 Å². The number of hydrogen-bond acceptors (Lipinski definition) is 1. The van der Waals surface area contributed by atoms with Crippen LogP contribution in [0.4, 0.5) is 4.39 Å². The monoisotopic (exact) mass is 333 g/mol. The number of rotatable bonds is 2. The van der Waals surface area contributed by atoms with Gasteiger partial charge in [0.25, 0.3) is 5.91 Å². The zero-order valence-electron chi connectivity index (χ0n) is 10.7. The lowest BCUT2D eigenvalue weighted by molar-refractivity contribution is 0.0936. The molecular formula is C16H13BrFNO. The molecule has 0 aliphatic heterocycles. The number of hydrogen-bond donors (Lipinski definition) is 1. The fraction of sp³-hybridized carbons (Fsp3) is 0.188. The van der Waals surface area contributed by atoms with E-state index in [2.05, 4.69) is 27.3 Å². The summed E-state index contributed by atoms with van der Waals surface area (Å²) in [5, 5.41) is 3.02. The van der Waals surface area contributed by atoms with Crippen LogP contribution >= 0.6 is 15.9 Å². The third kappa shape index (κ3) is 2.48. The molecule has 0 bridgehead atoms. The lowest BCUT2D eigenvalue weighted by atomic mass is 10.1. The minimum absolute atomic E-state index is 0.0376. The van der Waals surface area contributed by atoms with Gasteiger partial charge in [0.1, 0.15) is 5.82 Å². The van der Waals surface area contributed by atoms with E-state index in [1.54, 1.807) is 0 Å². The lowest BCUT2D eigenvalue weighted by Gasteiger charge is -2.14. The van der Waals surface area contributed by atoms with Gasteiger partial charge in [-0.15, -0.1) is 0 Å². The maximum absolute atomic E-state index is 13.1. The first-order valence-corrected chi connectivity index (χ1v) is 7.28. The zero-order valence-corrected chi connectivity index (χ0v) is 12.3. The summed E-state index contributed by atoms with van der Waals surface area (Å²) in [5.74, 6) is -0.543. The van der Waals surface area contributed by atoms with Gasteiger partial charge in [-0.25, -0.2) is 4.39 Å². The molecule has 1 atom stereocenters. The molecule has 2 aromatic carbocycles. The van der Waals surface area contributed by atoms with Crippen LogP contribution in [0.2, 0.25) is 0 Å². The van der Waals surface area contributed by atoms with Gasteiger partial charge in [0, 0.05) is 4.47 Å². The molecule has 0 radical (unpaired) electrons. The van der Waals surface area contributed by atoms with E-state index in [9.17, 15) is 9.18 Å². The van der Waals surface area contributed by atoms with Crippen LogP contribution in [0.3, 0.4) is 0 Å². The van der Waals surface area contributed by atoms with Crippen molar-refractivity contribution in [2.24, 2.45) is 0 Å². The van der Waals surface area contributed by atoms with Crippen LogP contribution in [0.25, 0.3) is 0 Å².